The van der Waals surface area contributed by atoms with Crippen molar-refractivity contribution >= 4 is 34.7 Å². The zero-order valence-corrected chi connectivity index (χ0v) is 14.9. The van der Waals surface area contributed by atoms with Gasteiger partial charge in [0.2, 0.25) is 5.91 Å². The minimum absolute atomic E-state index is 0.0208. The number of thiophene rings is 1. The Morgan fingerprint density at radius 3 is 2.85 bits per heavy atom. The number of nitriles is 1. The number of aromatic nitrogens is 2. The normalized spacial score (nSPS) is 10.3. The van der Waals surface area contributed by atoms with Gasteiger partial charge in [0.1, 0.15) is 23.1 Å². The molecule has 0 radical (unpaired) electrons. The van der Waals surface area contributed by atoms with Gasteiger partial charge in [0.25, 0.3) is 5.56 Å². The van der Waals surface area contributed by atoms with E-state index in [1.807, 2.05) is 11.4 Å². The Morgan fingerprint density at radius 1 is 1.35 bits per heavy atom. The molecule has 0 atom stereocenters. The van der Waals surface area contributed by atoms with Crippen LogP contribution in [0.15, 0.2) is 51.7 Å². The Labute approximate surface area is 156 Å². The summed E-state index contributed by atoms with van der Waals surface area (Å²) < 4.78 is 0. The second-order valence-electron chi connectivity index (χ2n) is 5.04. The van der Waals surface area contributed by atoms with Crippen molar-refractivity contribution in [1.29, 1.82) is 5.26 Å². The molecule has 26 heavy (non-hydrogen) atoms. The van der Waals surface area contributed by atoms with Crippen molar-refractivity contribution in [2.24, 2.45) is 0 Å². The van der Waals surface area contributed by atoms with E-state index in [1.165, 1.54) is 17.4 Å². The van der Waals surface area contributed by atoms with Crippen molar-refractivity contribution in [3.05, 3.63) is 57.7 Å². The summed E-state index contributed by atoms with van der Waals surface area (Å²) in [5.74, 6) is -0.413. The predicted octanol–water partition coefficient (Wildman–Crippen LogP) is 2.81. The number of hydrogen-bond donors (Lipinski definition) is 3. The SMILES string of the molecule is N#Cc1c(-c2cccs2)nc(SCC(=O)Nc2ccccc2O)[nH]c1=O. The lowest BCUT2D eigenvalue weighted by molar-refractivity contribution is -0.113. The standard InChI is InChI=1S/C17H12N4O3S2/c18-8-10-15(13-6-3-7-25-13)20-17(21-16(10)24)26-9-14(23)19-11-4-1-2-5-12(11)22/h1-7,22H,9H2,(H,19,23)(H,20,21,24). The minimum atomic E-state index is -0.547. The largest absolute Gasteiger partial charge is 0.506 e. The lowest BCUT2D eigenvalue weighted by Gasteiger charge is -2.07. The summed E-state index contributed by atoms with van der Waals surface area (Å²) >= 11 is 2.40. The Kier molecular flexibility index (Phi) is 5.36. The van der Waals surface area contributed by atoms with Crippen LogP contribution in [0, 0.1) is 11.3 Å². The first-order valence-corrected chi connectivity index (χ1v) is 9.24. The lowest BCUT2D eigenvalue weighted by atomic mass is 10.2. The molecule has 1 amide bonds. The Balaban J connectivity index is 1.76. The first-order chi connectivity index (χ1) is 12.6. The van der Waals surface area contributed by atoms with Crippen LogP contribution in [-0.2, 0) is 4.79 Å². The highest BCUT2D eigenvalue weighted by atomic mass is 32.2. The van der Waals surface area contributed by atoms with Crippen LogP contribution < -0.4 is 10.9 Å². The van der Waals surface area contributed by atoms with Crippen LogP contribution >= 0.6 is 23.1 Å². The molecule has 2 heterocycles. The summed E-state index contributed by atoms with van der Waals surface area (Å²) in [6.45, 7) is 0. The molecule has 1 aromatic carbocycles. The average molecular weight is 384 g/mol. The molecule has 9 heteroatoms. The molecule has 0 saturated carbocycles. The number of benzene rings is 1. The third kappa shape index (κ3) is 3.93. The number of carbonyl (C=O) groups is 1. The van der Waals surface area contributed by atoms with Crippen molar-refractivity contribution in [2.75, 3.05) is 11.1 Å². The fourth-order valence-electron chi connectivity index (χ4n) is 2.12. The van der Waals surface area contributed by atoms with Crippen molar-refractivity contribution in [3.8, 4) is 22.4 Å². The number of phenolic OH excluding ortho intramolecular Hbond substituents is 1. The summed E-state index contributed by atoms with van der Waals surface area (Å²) in [6.07, 6.45) is 0. The van der Waals surface area contributed by atoms with E-state index in [-0.39, 0.29) is 28.1 Å². The van der Waals surface area contributed by atoms with Gasteiger partial charge in [-0.15, -0.1) is 11.3 Å². The van der Waals surface area contributed by atoms with Gasteiger partial charge in [0.05, 0.1) is 16.3 Å². The van der Waals surface area contributed by atoms with E-state index >= 15 is 0 Å². The molecule has 0 bridgehead atoms. The number of anilines is 1. The van der Waals surface area contributed by atoms with Crippen LogP contribution in [-0.4, -0.2) is 26.7 Å². The van der Waals surface area contributed by atoms with Crippen LogP contribution in [0.3, 0.4) is 0 Å². The third-order valence-electron chi connectivity index (χ3n) is 3.28. The van der Waals surface area contributed by atoms with Crippen molar-refractivity contribution < 1.29 is 9.90 Å². The van der Waals surface area contributed by atoms with Crippen LogP contribution in [0.1, 0.15) is 5.56 Å². The molecule has 3 aromatic rings. The van der Waals surface area contributed by atoms with Crippen LogP contribution in [0.5, 0.6) is 5.75 Å². The van der Waals surface area contributed by atoms with Gasteiger partial charge in [-0.05, 0) is 23.6 Å². The summed E-state index contributed by atoms with van der Waals surface area (Å²) in [6, 6.07) is 11.8. The maximum Gasteiger partial charge on any atom is 0.270 e. The smallest absolute Gasteiger partial charge is 0.270 e. The summed E-state index contributed by atoms with van der Waals surface area (Å²) in [7, 11) is 0. The summed E-state index contributed by atoms with van der Waals surface area (Å²) in [4.78, 5) is 31.7. The van der Waals surface area contributed by atoms with E-state index in [0.717, 1.165) is 11.8 Å². The average Bonchev–Trinajstić information content (AvgIpc) is 3.16. The number of carbonyl (C=O) groups excluding carboxylic acids is 1. The van der Waals surface area contributed by atoms with Crippen LogP contribution in [0.4, 0.5) is 5.69 Å². The highest BCUT2D eigenvalue weighted by Crippen LogP contribution is 2.26. The molecule has 0 unspecified atom stereocenters. The quantitative estimate of drug-likeness (QED) is 0.354. The molecule has 0 aliphatic rings. The Bertz CT molecular complexity index is 1040. The Morgan fingerprint density at radius 2 is 2.15 bits per heavy atom. The van der Waals surface area contributed by atoms with E-state index < -0.39 is 5.56 Å². The van der Waals surface area contributed by atoms with E-state index in [0.29, 0.717) is 16.3 Å². The first-order valence-electron chi connectivity index (χ1n) is 7.37. The minimum Gasteiger partial charge on any atom is -0.506 e. The van der Waals surface area contributed by atoms with Crippen LogP contribution in [0.25, 0.3) is 10.6 Å². The number of aromatic amines is 1. The zero-order chi connectivity index (χ0) is 18.5. The van der Waals surface area contributed by atoms with E-state index in [4.69, 9.17) is 0 Å². The number of thioether (sulfide) groups is 1. The highest BCUT2D eigenvalue weighted by Gasteiger charge is 2.15. The fraction of sp³-hybridized carbons (Fsp3) is 0.0588. The second kappa shape index (κ2) is 7.86. The maximum atomic E-state index is 12.1. The number of rotatable bonds is 5. The molecular weight excluding hydrogens is 372 g/mol. The fourth-order valence-corrected chi connectivity index (χ4v) is 3.50. The number of aromatic hydroxyl groups is 1. The molecule has 0 fully saturated rings. The molecule has 130 valence electrons. The van der Waals surface area contributed by atoms with Gasteiger partial charge < -0.3 is 15.4 Å². The molecule has 0 aliphatic heterocycles. The molecule has 3 rings (SSSR count). The molecule has 2 aromatic heterocycles. The summed E-state index contributed by atoms with van der Waals surface area (Å²) in [5.41, 5.74) is -0.00140. The van der Waals surface area contributed by atoms with Crippen molar-refractivity contribution in [1.82, 2.24) is 9.97 Å². The number of phenols is 1. The van der Waals surface area contributed by atoms with Crippen molar-refractivity contribution in [2.45, 2.75) is 5.16 Å². The number of H-pyrrole nitrogens is 1. The van der Waals surface area contributed by atoms with E-state index in [9.17, 15) is 20.0 Å². The number of hydrogen-bond acceptors (Lipinski definition) is 7. The number of nitrogens with zero attached hydrogens (tertiary/aromatic N) is 2. The molecule has 0 saturated heterocycles. The third-order valence-corrected chi connectivity index (χ3v) is 5.03. The molecule has 7 nitrogen and oxygen atoms in total. The Hall–Kier alpha value is -3.09. The number of para-hydroxylation sites is 2. The van der Waals surface area contributed by atoms with Gasteiger partial charge in [-0.25, -0.2) is 4.98 Å². The second-order valence-corrected chi connectivity index (χ2v) is 6.95. The van der Waals surface area contributed by atoms with Gasteiger partial charge >= 0.3 is 0 Å². The van der Waals surface area contributed by atoms with Gasteiger partial charge in [0.15, 0.2) is 5.16 Å². The monoisotopic (exact) mass is 384 g/mol. The highest BCUT2D eigenvalue weighted by molar-refractivity contribution is 7.99. The summed E-state index contributed by atoms with van der Waals surface area (Å²) in [5, 5.41) is 23.5. The van der Waals surface area contributed by atoms with Gasteiger partial charge in [-0.2, -0.15) is 5.26 Å². The molecular formula is C17H12N4O3S2. The predicted molar refractivity (Wildman–Crippen MR) is 100 cm³/mol. The topological polar surface area (TPSA) is 119 Å². The molecule has 0 aliphatic carbocycles. The van der Waals surface area contributed by atoms with E-state index in [1.54, 1.807) is 30.3 Å². The lowest BCUT2D eigenvalue weighted by Crippen LogP contribution is -2.17. The van der Waals surface area contributed by atoms with E-state index in [2.05, 4.69) is 15.3 Å². The maximum absolute atomic E-state index is 12.1. The zero-order valence-electron chi connectivity index (χ0n) is 13.2. The first kappa shape index (κ1) is 17.7. The van der Waals surface area contributed by atoms with Gasteiger partial charge in [0, 0.05) is 0 Å². The number of amides is 1. The van der Waals surface area contributed by atoms with Gasteiger partial charge in [-0.1, -0.05) is 30.0 Å². The molecule has 3 N–H and O–H groups in total. The van der Waals surface area contributed by atoms with Crippen molar-refractivity contribution in [3.63, 3.8) is 0 Å². The molecule has 0 spiro atoms. The van der Waals surface area contributed by atoms with Gasteiger partial charge in [-0.3, -0.25) is 9.59 Å². The van der Waals surface area contributed by atoms with Crippen LogP contribution in [0.2, 0.25) is 0 Å². The number of nitrogens with one attached hydrogen (secondary N) is 2.